The average molecular weight is 449 g/mol. The zero-order chi connectivity index (χ0) is 20.5. The fourth-order valence-corrected chi connectivity index (χ4v) is 3.32. The van der Waals surface area contributed by atoms with Crippen molar-refractivity contribution in [3.63, 3.8) is 0 Å². The molecule has 0 bridgehead atoms. The SMILES string of the molecule is O=C(Cn1cnc2c(cnn2-c2cccc(Cl)c2)c1=O)Nc1cc(Cl)ccc1Cl. The van der Waals surface area contributed by atoms with E-state index in [2.05, 4.69) is 15.4 Å². The van der Waals surface area contributed by atoms with Gasteiger partial charge in [0.15, 0.2) is 5.65 Å². The molecule has 0 aliphatic heterocycles. The second-order valence-corrected chi connectivity index (χ2v) is 7.40. The second-order valence-electron chi connectivity index (χ2n) is 6.12. The Kier molecular flexibility index (Phi) is 5.27. The molecule has 0 spiro atoms. The van der Waals surface area contributed by atoms with Gasteiger partial charge in [-0.2, -0.15) is 5.10 Å². The summed E-state index contributed by atoms with van der Waals surface area (Å²) in [6, 6.07) is 11.7. The molecule has 0 aliphatic rings. The first-order valence-corrected chi connectivity index (χ1v) is 9.50. The Morgan fingerprint density at radius 3 is 2.66 bits per heavy atom. The van der Waals surface area contributed by atoms with E-state index in [1.165, 1.54) is 27.8 Å². The number of anilines is 1. The van der Waals surface area contributed by atoms with E-state index in [-0.39, 0.29) is 11.9 Å². The molecule has 2 heterocycles. The fourth-order valence-electron chi connectivity index (χ4n) is 2.80. The van der Waals surface area contributed by atoms with Crippen LogP contribution in [0, 0.1) is 0 Å². The number of aromatic nitrogens is 4. The van der Waals surface area contributed by atoms with Crippen molar-refractivity contribution in [3.05, 3.63) is 80.4 Å². The first-order valence-electron chi connectivity index (χ1n) is 8.36. The molecule has 1 N–H and O–H groups in total. The average Bonchev–Trinajstić information content (AvgIpc) is 3.12. The molecule has 0 fully saturated rings. The lowest BCUT2D eigenvalue weighted by Gasteiger charge is -2.09. The van der Waals surface area contributed by atoms with Gasteiger partial charge in [0.2, 0.25) is 5.91 Å². The normalized spacial score (nSPS) is 11.0. The van der Waals surface area contributed by atoms with Crippen molar-refractivity contribution in [2.45, 2.75) is 6.54 Å². The van der Waals surface area contributed by atoms with Crippen LogP contribution < -0.4 is 10.9 Å². The molecule has 0 saturated carbocycles. The number of amides is 1. The van der Waals surface area contributed by atoms with Gasteiger partial charge in [-0.15, -0.1) is 0 Å². The number of nitrogens with one attached hydrogen (secondary N) is 1. The summed E-state index contributed by atoms with van der Waals surface area (Å²) in [5.41, 5.74) is 1.01. The number of halogens is 3. The zero-order valence-electron chi connectivity index (χ0n) is 14.6. The van der Waals surface area contributed by atoms with E-state index in [9.17, 15) is 9.59 Å². The van der Waals surface area contributed by atoms with Crippen LogP contribution >= 0.6 is 34.8 Å². The molecule has 146 valence electrons. The van der Waals surface area contributed by atoms with Gasteiger partial charge >= 0.3 is 0 Å². The molecule has 4 aromatic rings. The summed E-state index contributed by atoms with van der Waals surface area (Å²) in [7, 11) is 0. The predicted molar refractivity (Wildman–Crippen MR) is 113 cm³/mol. The van der Waals surface area contributed by atoms with Crippen LogP contribution in [0.3, 0.4) is 0 Å². The molecule has 0 radical (unpaired) electrons. The molecular weight excluding hydrogens is 437 g/mol. The van der Waals surface area contributed by atoms with Crippen LogP contribution in [0.4, 0.5) is 5.69 Å². The molecule has 0 atom stereocenters. The molecule has 7 nitrogen and oxygen atoms in total. The third kappa shape index (κ3) is 3.98. The Hall–Kier alpha value is -2.87. The molecule has 10 heteroatoms. The van der Waals surface area contributed by atoms with Crippen LogP contribution in [0.2, 0.25) is 15.1 Å². The summed E-state index contributed by atoms with van der Waals surface area (Å²) < 4.78 is 2.71. The first kappa shape index (κ1) is 19.4. The highest BCUT2D eigenvalue weighted by Gasteiger charge is 2.14. The molecular formula is C19H12Cl3N5O2. The van der Waals surface area contributed by atoms with Crippen LogP contribution in [0.15, 0.2) is 59.8 Å². The van der Waals surface area contributed by atoms with Crippen molar-refractivity contribution in [3.8, 4) is 5.69 Å². The van der Waals surface area contributed by atoms with Gasteiger partial charge in [-0.25, -0.2) is 9.67 Å². The van der Waals surface area contributed by atoms with Crippen LogP contribution in [0.1, 0.15) is 0 Å². The highest BCUT2D eigenvalue weighted by Crippen LogP contribution is 2.25. The number of nitrogens with zero attached hydrogens (tertiary/aromatic N) is 4. The van der Waals surface area contributed by atoms with Crippen LogP contribution in [0.5, 0.6) is 0 Å². The van der Waals surface area contributed by atoms with Crippen LogP contribution in [-0.4, -0.2) is 25.2 Å². The van der Waals surface area contributed by atoms with Gasteiger partial charge in [-0.3, -0.25) is 14.2 Å². The van der Waals surface area contributed by atoms with Crippen molar-refractivity contribution in [1.29, 1.82) is 0 Å². The maximum Gasteiger partial charge on any atom is 0.264 e. The summed E-state index contributed by atoms with van der Waals surface area (Å²) in [6.45, 7) is -0.243. The first-order chi connectivity index (χ1) is 13.9. The summed E-state index contributed by atoms with van der Waals surface area (Å²) in [5.74, 6) is -0.445. The monoisotopic (exact) mass is 447 g/mol. The number of rotatable bonds is 4. The molecule has 4 rings (SSSR count). The molecule has 0 saturated heterocycles. The van der Waals surface area contributed by atoms with E-state index in [1.54, 1.807) is 36.4 Å². The van der Waals surface area contributed by atoms with E-state index in [0.29, 0.717) is 32.1 Å². The van der Waals surface area contributed by atoms with Gasteiger partial charge in [0, 0.05) is 10.0 Å². The molecule has 2 aromatic heterocycles. The third-order valence-electron chi connectivity index (χ3n) is 4.12. The quantitative estimate of drug-likeness (QED) is 0.508. The molecule has 2 aromatic carbocycles. The lowest BCUT2D eigenvalue weighted by molar-refractivity contribution is -0.116. The lowest BCUT2D eigenvalue weighted by atomic mass is 10.3. The predicted octanol–water partition coefficient (Wildman–Crippen LogP) is 4.18. The number of carbonyl (C=O) groups excluding carboxylic acids is 1. The Balaban J connectivity index is 1.62. The number of carbonyl (C=O) groups is 1. The van der Waals surface area contributed by atoms with Gasteiger partial charge < -0.3 is 5.32 Å². The highest BCUT2D eigenvalue weighted by molar-refractivity contribution is 6.35. The van der Waals surface area contributed by atoms with E-state index in [1.807, 2.05) is 0 Å². The standard InChI is InChI=1S/C19H12Cl3N5O2/c20-11-2-1-3-13(6-11)27-18-14(8-24-27)19(29)26(10-23-18)9-17(28)25-16-7-12(21)4-5-15(16)22/h1-8,10H,9H2,(H,25,28). The number of hydrogen-bond acceptors (Lipinski definition) is 4. The zero-order valence-corrected chi connectivity index (χ0v) is 16.9. The minimum atomic E-state index is -0.445. The van der Waals surface area contributed by atoms with Crippen molar-refractivity contribution in [1.82, 2.24) is 19.3 Å². The third-order valence-corrected chi connectivity index (χ3v) is 4.92. The Bertz CT molecular complexity index is 1300. The Morgan fingerprint density at radius 2 is 1.86 bits per heavy atom. The van der Waals surface area contributed by atoms with Gasteiger partial charge in [0.1, 0.15) is 18.3 Å². The number of benzene rings is 2. The lowest BCUT2D eigenvalue weighted by Crippen LogP contribution is -2.28. The van der Waals surface area contributed by atoms with Gasteiger partial charge in [0.25, 0.3) is 5.56 Å². The molecule has 29 heavy (non-hydrogen) atoms. The van der Waals surface area contributed by atoms with E-state index >= 15 is 0 Å². The topological polar surface area (TPSA) is 81.8 Å². The molecule has 1 amide bonds. The Labute approximate surface area is 179 Å². The summed E-state index contributed by atoms with van der Waals surface area (Å²) >= 11 is 18.0. The van der Waals surface area contributed by atoms with Gasteiger partial charge in [-0.1, -0.05) is 40.9 Å². The maximum atomic E-state index is 12.8. The van der Waals surface area contributed by atoms with E-state index in [0.717, 1.165) is 0 Å². The summed E-state index contributed by atoms with van der Waals surface area (Å²) in [5, 5.41) is 8.45. The van der Waals surface area contributed by atoms with E-state index < -0.39 is 11.5 Å². The van der Waals surface area contributed by atoms with Crippen LogP contribution in [-0.2, 0) is 11.3 Å². The largest absolute Gasteiger partial charge is 0.323 e. The maximum absolute atomic E-state index is 12.8. The van der Waals surface area contributed by atoms with Crippen LogP contribution in [0.25, 0.3) is 16.7 Å². The molecule has 0 unspecified atom stereocenters. The van der Waals surface area contributed by atoms with Crippen molar-refractivity contribution >= 4 is 57.4 Å². The van der Waals surface area contributed by atoms with Gasteiger partial charge in [0.05, 0.1) is 22.6 Å². The number of fused-ring (bicyclic) bond motifs is 1. The smallest absolute Gasteiger partial charge is 0.264 e. The highest BCUT2D eigenvalue weighted by atomic mass is 35.5. The number of hydrogen-bond donors (Lipinski definition) is 1. The van der Waals surface area contributed by atoms with E-state index in [4.69, 9.17) is 34.8 Å². The minimum Gasteiger partial charge on any atom is -0.323 e. The fraction of sp³-hybridized carbons (Fsp3) is 0.0526. The van der Waals surface area contributed by atoms with Crippen molar-refractivity contribution in [2.75, 3.05) is 5.32 Å². The van der Waals surface area contributed by atoms with Crippen molar-refractivity contribution in [2.24, 2.45) is 0 Å². The van der Waals surface area contributed by atoms with Crippen molar-refractivity contribution < 1.29 is 4.79 Å². The minimum absolute atomic E-state index is 0.243. The Morgan fingerprint density at radius 1 is 1.07 bits per heavy atom. The second kappa shape index (κ2) is 7.87. The molecule has 0 aliphatic carbocycles. The summed E-state index contributed by atoms with van der Waals surface area (Å²) in [6.07, 6.45) is 2.71. The van der Waals surface area contributed by atoms with Gasteiger partial charge in [-0.05, 0) is 36.4 Å². The summed E-state index contributed by atoms with van der Waals surface area (Å²) in [4.78, 5) is 29.4.